The van der Waals surface area contributed by atoms with Crippen LogP contribution in [0.3, 0.4) is 0 Å². The van der Waals surface area contributed by atoms with Gasteiger partial charge in [0.25, 0.3) is 0 Å². The number of hydrogen-bond donors (Lipinski definition) is 1. The van der Waals surface area contributed by atoms with E-state index in [0.29, 0.717) is 6.42 Å². The van der Waals surface area contributed by atoms with E-state index in [-0.39, 0.29) is 12.0 Å². The summed E-state index contributed by atoms with van der Waals surface area (Å²) in [4.78, 5) is 11.0. The molecule has 0 amide bonds. The predicted octanol–water partition coefficient (Wildman–Crippen LogP) is 3.86. The Hall–Kier alpha value is -1.55. The van der Waals surface area contributed by atoms with E-state index >= 15 is 0 Å². The minimum atomic E-state index is -0.118. The zero-order valence-electron chi connectivity index (χ0n) is 14.6. The fourth-order valence-electron chi connectivity index (χ4n) is 2.48. The summed E-state index contributed by atoms with van der Waals surface area (Å²) in [5.74, 6) is 0.808. The molecule has 4 nitrogen and oxygen atoms in total. The van der Waals surface area contributed by atoms with Crippen LogP contribution in [-0.2, 0) is 16.0 Å². The van der Waals surface area contributed by atoms with E-state index < -0.39 is 0 Å². The third-order valence-corrected chi connectivity index (χ3v) is 3.83. The van der Waals surface area contributed by atoms with Crippen LogP contribution >= 0.6 is 0 Å². The second-order valence-electron chi connectivity index (χ2n) is 5.99. The molecule has 1 aromatic carbocycles. The van der Waals surface area contributed by atoms with Crippen LogP contribution in [0.25, 0.3) is 0 Å². The Balaban J connectivity index is 2.13. The van der Waals surface area contributed by atoms with Crippen LogP contribution in [0.1, 0.15) is 57.4 Å². The largest absolute Gasteiger partial charge is 0.494 e. The summed E-state index contributed by atoms with van der Waals surface area (Å²) in [6.45, 7) is 2.86. The Kier molecular flexibility index (Phi) is 10.1. The third kappa shape index (κ3) is 9.24. The molecule has 0 bridgehead atoms. The van der Waals surface area contributed by atoms with Gasteiger partial charge in [-0.25, -0.2) is 0 Å². The Morgan fingerprint density at radius 1 is 1.13 bits per heavy atom. The molecule has 0 fully saturated rings. The average molecular weight is 321 g/mol. The fourth-order valence-corrected chi connectivity index (χ4v) is 2.48. The van der Waals surface area contributed by atoms with Crippen molar-refractivity contribution in [3.05, 3.63) is 29.8 Å². The van der Waals surface area contributed by atoms with Crippen molar-refractivity contribution in [2.45, 2.75) is 64.3 Å². The second-order valence-corrected chi connectivity index (χ2v) is 5.99. The summed E-state index contributed by atoms with van der Waals surface area (Å²) in [5, 5.41) is 0. The number of unbranched alkanes of at least 4 members (excludes halogenated alkanes) is 3. The van der Waals surface area contributed by atoms with Gasteiger partial charge in [-0.1, -0.05) is 38.3 Å². The first kappa shape index (κ1) is 19.5. The van der Waals surface area contributed by atoms with Gasteiger partial charge in [0.15, 0.2) is 0 Å². The quantitative estimate of drug-likeness (QED) is 0.469. The van der Waals surface area contributed by atoms with E-state index in [0.717, 1.165) is 57.3 Å². The average Bonchev–Trinajstić information content (AvgIpc) is 2.57. The molecule has 1 rings (SSSR count). The maximum atomic E-state index is 11.0. The van der Waals surface area contributed by atoms with E-state index in [1.807, 2.05) is 12.1 Å². The molecule has 0 aliphatic rings. The molecule has 1 atom stereocenters. The number of methoxy groups -OCH3 is 1. The van der Waals surface area contributed by atoms with E-state index in [9.17, 15) is 4.79 Å². The topological polar surface area (TPSA) is 61.5 Å². The van der Waals surface area contributed by atoms with Crippen molar-refractivity contribution in [2.75, 3.05) is 13.7 Å². The molecular formula is C19H31NO3. The number of nitrogens with two attached hydrogens (primary N) is 1. The van der Waals surface area contributed by atoms with Crippen LogP contribution in [0.2, 0.25) is 0 Å². The van der Waals surface area contributed by atoms with Gasteiger partial charge >= 0.3 is 5.97 Å². The molecule has 0 aliphatic heterocycles. The molecule has 130 valence electrons. The molecule has 0 aliphatic carbocycles. The maximum Gasteiger partial charge on any atom is 0.305 e. The lowest BCUT2D eigenvalue weighted by Gasteiger charge is -2.12. The first-order valence-electron chi connectivity index (χ1n) is 8.69. The highest BCUT2D eigenvalue weighted by atomic mass is 16.5. The van der Waals surface area contributed by atoms with Gasteiger partial charge in [-0.3, -0.25) is 4.79 Å². The lowest BCUT2D eigenvalue weighted by molar-refractivity contribution is -0.140. The molecule has 2 N–H and O–H groups in total. The predicted molar refractivity (Wildman–Crippen MR) is 93.6 cm³/mol. The maximum absolute atomic E-state index is 11.0. The molecule has 0 spiro atoms. The van der Waals surface area contributed by atoms with Crippen LogP contribution in [0, 0.1) is 0 Å². The zero-order chi connectivity index (χ0) is 16.9. The smallest absolute Gasteiger partial charge is 0.305 e. The van der Waals surface area contributed by atoms with Gasteiger partial charge in [-0.2, -0.15) is 0 Å². The fraction of sp³-hybridized carbons (Fsp3) is 0.632. The molecule has 0 saturated carbocycles. The van der Waals surface area contributed by atoms with Crippen LogP contribution in [0.15, 0.2) is 24.3 Å². The molecule has 1 unspecified atom stereocenters. The number of esters is 1. The second kappa shape index (κ2) is 11.9. The molecular weight excluding hydrogens is 290 g/mol. The monoisotopic (exact) mass is 321 g/mol. The van der Waals surface area contributed by atoms with Crippen molar-refractivity contribution in [1.29, 1.82) is 0 Å². The highest BCUT2D eigenvalue weighted by molar-refractivity contribution is 5.68. The summed E-state index contributed by atoms with van der Waals surface area (Å²) in [5.41, 5.74) is 7.46. The van der Waals surface area contributed by atoms with Crippen molar-refractivity contribution in [2.24, 2.45) is 5.73 Å². The number of carbonyl (C=O) groups excluding carboxylic acids is 1. The number of benzene rings is 1. The minimum absolute atomic E-state index is 0.118. The molecule has 23 heavy (non-hydrogen) atoms. The highest BCUT2D eigenvalue weighted by Gasteiger charge is 2.05. The van der Waals surface area contributed by atoms with Crippen LogP contribution in [0.4, 0.5) is 0 Å². The number of rotatable bonds is 12. The summed E-state index contributed by atoms with van der Waals surface area (Å²) < 4.78 is 10.2. The Bertz CT molecular complexity index is 431. The van der Waals surface area contributed by atoms with Crippen molar-refractivity contribution < 1.29 is 14.3 Å². The van der Waals surface area contributed by atoms with E-state index in [1.54, 1.807) is 0 Å². The van der Waals surface area contributed by atoms with Crippen molar-refractivity contribution in [3.63, 3.8) is 0 Å². The molecule has 1 aromatic rings. The lowest BCUT2D eigenvalue weighted by atomic mass is 10.0. The molecule has 4 heteroatoms. The standard InChI is InChI=1S/C19H31NO3/c1-3-14-23-18-12-10-16(11-13-18)15-17(20)8-6-4-5-7-9-19(21)22-2/h10-13,17H,3-9,14-15,20H2,1-2H3. The minimum Gasteiger partial charge on any atom is -0.494 e. The normalized spacial score (nSPS) is 12.0. The Morgan fingerprint density at radius 2 is 1.83 bits per heavy atom. The molecule has 0 heterocycles. The summed E-state index contributed by atoms with van der Waals surface area (Å²) in [6.07, 6.45) is 7.66. The van der Waals surface area contributed by atoms with Gasteiger partial charge < -0.3 is 15.2 Å². The first-order chi connectivity index (χ1) is 11.2. The van der Waals surface area contributed by atoms with Gasteiger partial charge in [-0.05, 0) is 43.4 Å². The number of carbonyl (C=O) groups is 1. The van der Waals surface area contributed by atoms with Crippen molar-refractivity contribution >= 4 is 5.97 Å². The van der Waals surface area contributed by atoms with E-state index in [1.165, 1.54) is 12.7 Å². The van der Waals surface area contributed by atoms with Gasteiger partial charge in [0, 0.05) is 12.5 Å². The van der Waals surface area contributed by atoms with Crippen molar-refractivity contribution in [3.8, 4) is 5.75 Å². The van der Waals surface area contributed by atoms with Crippen molar-refractivity contribution in [1.82, 2.24) is 0 Å². The summed E-state index contributed by atoms with van der Waals surface area (Å²) >= 11 is 0. The Morgan fingerprint density at radius 3 is 2.48 bits per heavy atom. The highest BCUT2D eigenvalue weighted by Crippen LogP contribution is 2.15. The zero-order valence-corrected chi connectivity index (χ0v) is 14.6. The van der Waals surface area contributed by atoms with Gasteiger partial charge in [0.05, 0.1) is 13.7 Å². The molecule has 0 aromatic heterocycles. The van der Waals surface area contributed by atoms with Gasteiger partial charge in [0.1, 0.15) is 5.75 Å². The molecule has 0 saturated heterocycles. The van der Waals surface area contributed by atoms with Gasteiger partial charge in [0.2, 0.25) is 0 Å². The van der Waals surface area contributed by atoms with Gasteiger partial charge in [-0.15, -0.1) is 0 Å². The van der Waals surface area contributed by atoms with E-state index in [2.05, 4.69) is 23.8 Å². The lowest BCUT2D eigenvalue weighted by Crippen LogP contribution is -2.22. The summed E-state index contributed by atoms with van der Waals surface area (Å²) in [6, 6.07) is 8.43. The SMILES string of the molecule is CCCOc1ccc(CC(N)CCCCCCC(=O)OC)cc1. The molecule has 0 radical (unpaired) electrons. The number of ether oxygens (including phenoxy) is 2. The number of hydrogen-bond acceptors (Lipinski definition) is 4. The first-order valence-corrected chi connectivity index (χ1v) is 8.69. The Labute approximate surface area is 140 Å². The summed E-state index contributed by atoms with van der Waals surface area (Å²) in [7, 11) is 1.43. The van der Waals surface area contributed by atoms with Crippen LogP contribution in [0.5, 0.6) is 5.75 Å². The third-order valence-electron chi connectivity index (χ3n) is 3.83. The van der Waals surface area contributed by atoms with E-state index in [4.69, 9.17) is 10.5 Å². The van der Waals surface area contributed by atoms with Crippen LogP contribution < -0.4 is 10.5 Å². The van der Waals surface area contributed by atoms with Crippen LogP contribution in [-0.4, -0.2) is 25.7 Å².